The minimum absolute atomic E-state index is 0.0312. The highest BCUT2D eigenvalue weighted by Gasteiger charge is 2.22. The number of unbranched alkanes of at least 4 members (excludes halogenated alkanes) is 6. The third kappa shape index (κ3) is 7.88. The zero-order chi connectivity index (χ0) is 14.6. The fourth-order valence-electron chi connectivity index (χ4n) is 2.94. The van der Waals surface area contributed by atoms with Gasteiger partial charge < -0.3 is 10.5 Å². The molecular weight excluding hydrogens is 250 g/mol. The topological polar surface area (TPSA) is 52.3 Å². The number of carbonyl (C=O) groups excluding carboxylic acids is 1. The molecule has 20 heavy (non-hydrogen) atoms. The van der Waals surface area contributed by atoms with Gasteiger partial charge in [0.2, 0.25) is 0 Å². The Morgan fingerprint density at radius 2 is 1.70 bits per heavy atom. The molecule has 1 saturated carbocycles. The molecule has 0 bridgehead atoms. The minimum Gasteiger partial charge on any atom is -0.465 e. The van der Waals surface area contributed by atoms with Crippen LogP contribution in [0, 0.1) is 5.92 Å². The summed E-state index contributed by atoms with van der Waals surface area (Å²) in [6, 6.07) is 0.232. The maximum Gasteiger partial charge on any atom is 0.305 e. The van der Waals surface area contributed by atoms with Crippen LogP contribution in [0.1, 0.15) is 84.0 Å². The molecule has 3 nitrogen and oxygen atoms in total. The zero-order valence-electron chi connectivity index (χ0n) is 13.2. The smallest absolute Gasteiger partial charge is 0.305 e. The van der Waals surface area contributed by atoms with Crippen molar-refractivity contribution in [2.45, 2.75) is 90.0 Å². The van der Waals surface area contributed by atoms with Gasteiger partial charge in [-0.1, -0.05) is 58.3 Å². The van der Waals surface area contributed by atoms with E-state index in [0.717, 1.165) is 25.7 Å². The van der Waals surface area contributed by atoms with Crippen molar-refractivity contribution < 1.29 is 9.53 Å². The lowest BCUT2D eigenvalue weighted by Crippen LogP contribution is -2.36. The first-order chi connectivity index (χ1) is 9.74. The van der Waals surface area contributed by atoms with Crippen molar-refractivity contribution in [3.8, 4) is 0 Å². The molecule has 0 aliphatic heterocycles. The summed E-state index contributed by atoms with van der Waals surface area (Å²) in [4.78, 5) is 11.7. The summed E-state index contributed by atoms with van der Waals surface area (Å²) in [7, 11) is 0. The van der Waals surface area contributed by atoms with E-state index < -0.39 is 0 Å². The Kier molecular flexibility index (Phi) is 9.73. The highest BCUT2D eigenvalue weighted by atomic mass is 16.5. The molecule has 0 saturated heterocycles. The molecule has 1 aliphatic rings. The molecular formula is C17H33NO2. The first-order valence-corrected chi connectivity index (χ1v) is 8.65. The zero-order valence-corrected chi connectivity index (χ0v) is 13.2. The molecule has 118 valence electrons. The van der Waals surface area contributed by atoms with Crippen LogP contribution >= 0.6 is 0 Å². The second kappa shape index (κ2) is 11.1. The number of esters is 1. The van der Waals surface area contributed by atoms with Gasteiger partial charge in [0.05, 0.1) is 6.61 Å². The predicted octanol–water partition coefficient (Wildman–Crippen LogP) is 4.19. The van der Waals surface area contributed by atoms with Gasteiger partial charge in [-0.3, -0.25) is 4.79 Å². The van der Waals surface area contributed by atoms with Gasteiger partial charge in [0.25, 0.3) is 0 Å². The highest BCUT2D eigenvalue weighted by molar-refractivity contribution is 5.69. The summed E-state index contributed by atoms with van der Waals surface area (Å²) in [6.07, 6.45) is 13.9. The van der Waals surface area contributed by atoms with Crippen LogP contribution in [0.5, 0.6) is 0 Å². The maximum absolute atomic E-state index is 11.7. The molecule has 1 aliphatic carbocycles. The Hall–Kier alpha value is -0.570. The number of hydrogen-bond acceptors (Lipinski definition) is 3. The second-order valence-electron chi connectivity index (χ2n) is 6.26. The van der Waals surface area contributed by atoms with Crippen molar-refractivity contribution in [2.75, 3.05) is 6.61 Å². The summed E-state index contributed by atoms with van der Waals surface area (Å²) in [5.74, 6) is 0.359. The lowest BCUT2D eigenvalue weighted by atomic mass is 9.86. The molecule has 2 atom stereocenters. The molecule has 0 aromatic heterocycles. The van der Waals surface area contributed by atoms with Gasteiger partial charge in [0.1, 0.15) is 0 Å². The molecule has 0 radical (unpaired) electrons. The van der Waals surface area contributed by atoms with E-state index in [1.165, 1.54) is 44.9 Å². The van der Waals surface area contributed by atoms with Gasteiger partial charge in [-0.15, -0.1) is 0 Å². The average Bonchev–Trinajstić information content (AvgIpc) is 2.45. The number of hydrogen-bond donors (Lipinski definition) is 1. The average molecular weight is 283 g/mol. The van der Waals surface area contributed by atoms with E-state index in [4.69, 9.17) is 10.5 Å². The molecule has 1 fully saturated rings. The van der Waals surface area contributed by atoms with Gasteiger partial charge in [0.15, 0.2) is 0 Å². The highest BCUT2D eigenvalue weighted by Crippen LogP contribution is 2.23. The molecule has 0 spiro atoms. The number of nitrogens with two attached hydrogens (primary N) is 1. The molecule has 2 N–H and O–H groups in total. The fourth-order valence-corrected chi connectivity index (χ4v) is 2.94. The van der Waals surface area contributed by atoms with Crippen molar-refractivity contribution in [1.82, 2.24) is 0 Å². The third-order valence-electron chi connectivity index (χ3n) is 4.41. The molecule has 3 heteroatoms. The van der Waals surface area contributed by atoms with Crippen LogP contribution < -0.4 is 5.73 Å². The van der Waals surface area contributed by atoms with Gasteiger partial charge in [0, 0.05) is 18.4 Å². The van der Waals surface area contributed by atoms with Crippen molar-refractivity contribution in [1.29, 1.82) is 0 Å². The van der Waals surface area contributed by atoms with Crippen molar-refractivity contribution in [3.05, 3.63) is 0 Å². The Morgan fingerprint density at radius 1 is 1.05 bits per heavy atom. The number of carbonyl (C=O) groups is 1. The summed E-state index contributed by atoms with van der Waals surface area (Å²) < 4.78 is 5.38. The summed E-state index contributed by atoms with van der Waals surface area (Å²) >= 11 is 0. The van der Waals surface area contributed by atoms with Gasteiger partial charge in [-0.05, 0) is 19.3 Å². The van der Waals surface area contributed by atoms with Crippen molar-refractivity contribution >= 4 is 5.97 Å². The van der Waals surface area contributed by atoms with Crippen LogP contribution in [0.2, 0.25) is 0 Å². The van der Waals surface area contributed by atoms with E-state index >= 15 is 0 Å². The standard InChI is InChI=1S/C17H33NO2/c1-2-3-4-5-6-7-8-13-17(19)20-14-15-11-9-10-12-16(15)18/h15-16H,2-14,18H2,1H3/t15-,16+/m0/s1. The third-order valence-corrected chi connectivity index (χ3v) is 4.41. The first-order valence-electron chi connectivity index (χ1n) is 8.65. The first kappa shape index (κ1) is 17.5. The lowest BCUT2D eigenvalue weighted by Gasteiger charge is -2.27. The van der Waals surface area contributed by atoms with Gasteiger partial charge >= 0.3 is 5.97 Å². The Bertz CT molecular complexity index is 255. The summed E-state index contributed by atoms with van der Waals surface area (Å²) in [5.41, 5.74) is 6.05. The SMILES string of the molecule is CCCCCCCCCC(=O)OC[C@@H]1CCCC[C@H]1N. The largest absolute Gasteiger partial charge is 0.465 e. The lowest BCUT2D eigenvalue weighted by molar-refractivity contribution is -0.145. The molecule has 1 rings (SSSR count). The molecule has 0 unspecified atom stereocenters. The van der Waals surface area contributed by atoms with E-state index in [1.54, 1.807) is 0 Å². The van der Waals surface area contributed by atoms with Crippen molar-refractivity contribution in [2.24, 2.45) is 11.7 Å². The van der Waals surface area contributed by atoms with E-state index in [0.29, 0.717) is 18.9 Å². The number of rotatable bonds is 10. The summed E-state index contributed by atoms with van der Waals surface area (Å²) in [5, 5.41) is 0. The van der Waals surface area contributed by atoms with E-state index in [1.807, 2.05) is 0 Å². The van der Waals surface area contributed by atoms with Crippen molar-refractivity contribution in [3.63, 3.8) is 0 Å². The summed E-state index contributed by atoms with van der Waals surface area (Å²) in [6.45, 7) is 2.77. The Balaban J connectivity index is 1.94. The van der Waals surface area contributed by atoms with Crippen LogP contribution in [0.25, 0.3) is 0 Å². The van der Waals surface area contributed by atoms with Crippen LogP contribution in [-0.4, -0.2) is 18.6 Å². The molecule has 0 aromatic carbocycles. The van der Waals surface area contributed by atoms with Crippen LogP contribution in [0.15, 0.2) is 0 Å². The molecule has 0 amide bonds. The van der Waals surface area contributed by atoms with Gasteiger partial charge in [-0.25, -0.2) is 0 Å². The Morgan fingerprint density at radius 3 is 2.40 bits per heavy atom. The molecule has 0 aromatic rings. The quantitative estimate of drug-likeness (QED) is 0.483. The van der Waals surface area contributed by atoms with Crippen LogP contribution in [-0.2, 0) is 9.53 Å². The van der Waals surface area contributed by atoms with Crippen LogP contribution in [0.3, 0.4) is 0 Å². The fraction of sp³-hybridized carbons (Fsp3) is 0.941. The Labute approximate surface area is 124 Å². The van der Waals surface area contributed by atoms with E-state index in [-0.39, 0.29) is 12.0 Å². The van der Waals surface area contributed by atoms with E-state index in [2.05, 4.69) is 6.92 Å². The van der Waals surface area contributed by atoms with Crippen LogP contribution in [0.4, 0.5) is 0 Å². The number of ether oxygens (including phenoxy) is 1. The maximum atomic E-state index is 11.7. The van der Waals surface area contributed by atoms with Gasteiger partial charge in [-0.2, -0.15) is 0 Å². The minimum atomic E-state index is -0.0312. The second-order valence-corrected chi connectivity index (χ2v) is 6.26. The predicted molar refractivity (Wildman–Crippen MR) is 83.5 cm³/mol. The monoisotopic (exact) mass is 283 g/mol. The molecule has 0 heterocycles. The normalized spacial score (nSPS) is 22.7. The van der Waals surface area contributed by atoms with E-state index in [9.17, 15) is 4.79 Å².